The van der Waals surface area contributed by atoms with E-state index in [1.165, 1.54) is 7.11 Å². The fraction of sp³-hybridized carbons (Fsp3) is 0.0714. The van der Waals surface area contributed by atoms with Gasteiger partial charge in [0.05, 0.1) is 18.4 Å². The number of hydrogen-bond donors (Lipinski definition) is 2. The summed E-state index contributed by atoms with van der Waals surface area (Å²) in [4.78, 5) is 11.7. The average molecular weight is 368 g/mol. The van der Waals surface area contributed by atoms with Crippen LogP contribution in [0.1, 0.15) is 10.4 Å². The number of carbonyl (C=O) groups is 1. The highest BCUT2D eigenvalue weighted by Crippen LogP contribution is 2.24. The van der Waals surface area contributed by atoms with Crippen LogP contribution in [0.2, 0.25) is 0 Å². The zero-order valence-electron chi connectivity index (χ0n) is 10.3. The Morgan fingerprint density at radius 3 is 2.53 bits per heavy atom. The number of halogens is 1. The predicted octanol–water partition coefficient (Wildman–Crippen LogP) is 3.40. The van der Waals surface area contributed by atoms with Crippen LogP contribution in [0.5, 0.6) is 0 Å². The first kappa shape index (κ1) is 13.7. The van der Waals surface area contributed by atoms with Gasteiger partial charge in [-0.3, -0.25) is 0 Å². The van der Waals surface area contributed by atoms with Crippen molar-refractivity contribution in [2.24, 2.45) is 0 Å². The third kappa shape index (κ3) is 3.37. The summed E-state index contributed by atoms with van der Waals surface area (Å²) < 4.78 is 5.90. The summed E-state index contributed by atoms with van der Waals surface area (Å²) in [5.41, 5.74) is 8.20. The first-order valence-electron chi connectivity index (χ1n) is 5.60. The number of benzene rings is 2. The van der Waals surface area contributed by atoms with E-state index in [1.807, 2.05) is 24.3 Å². The second kappa shape index (κ2) is 5.92. The van der Waals surface area contributed by atoms with E-state index < -0.39 is 5.97 Å². The van der Waals surface area contributed by atoms with Crippen LogP contribution in [0, 0.1) is 3.57 Å². The molecule has 2 aromatic carbocycles. The summed E-state index contributed by atoms with van der Waals surface area (Å²) in [5, 5.41) is 3.18. The molecule has 2 aromatic rings. The number of hydrogen-bond acceptors (Lipinski definition) is 4. The van der Waals surface area contributed by atoms with Crippen molar-refractivity contribution in [3.05, 3.63) is 51.6 Å². The van der Waals surface area contributed by atoms with E-state index in [4.69, 9.17) is 10.5 Å². The number of ether oxygens (including phenoxy) is 1. The van der Waals surface area contributed by atoms with Gasteiger partial charge in [-0.15, -0.1) is 0 Å². The first-order valence-corrected chi connectivity index (χ1v) is 6.68. The lowest BCUT2D eigenvalue weighted by Gasteiger charge is -2.11. The lowest BCUT2D eigenvalue weighted by Crippen LogP contribution is -2.06. The van der Waals surface area contributed by atoms with Crippen molar-refractivity contribution in [3.8, 4) is 0 Å². The van der Waals surface area contributed by atoms with Crippen LogP contribution in [0.25, 0.3) is 0 Å². The Kier molecular flexibility index (Phi) is 4.26. The number of nitrogen functional groups attached to an aromatic ring is 1. The molecule has 0 atom stereocenters. The largest absolute Gasteiger partial charge is 0.465 e. The van der Waals surface area contributed by atoms with Gasteiger partial charge in [-0.05, 0) is 65.1 Å². The van der Waals surface area contributed by atoms with Crippen LogP contribution in [-0.4, -0.2) is 13.1 Å². The van der Waals surface area contributed by atoms with E-state index in [2.05, 4.69) is 27.9 Å². The molecular weight excluding hydrogens is 355 g/mol. The van der Waals surface area contributed by atoms with Crippen LogP contribution in [-0.2, 0) is 4.74 Å². The summed E-state index contributed by atoms with van der Waals surface area (Å²) in [6, 6.07) is 13.0. The minimum Gasteiger partial charge on any atom is -0.465 e. The maximum absolute atomic E-state index is 11.7. The van der Waals surface area contributed by atoms with Gasteiger partial charge in [0.2, 0.25) is 0 Å². The number of anilines is 3. The zero-order chi connectivity index (χ0) is 13.8. The minimum absolute atomic E-state index is 0.416. The highest BCUT2D eigenvalue weighted by molar-refractivity contribution is 14.1. The molecule has 0 heterocycles. The monoisotopic (exact) mass is 368 g/mol. The number of carbonyl (C=O) groups excluding carboxylic acids is 1. The third-order valence-electron chi connectivity index (χ3n) is 2.57. The molecule has 0 radical (unpaired) electrons. The van der Waals surface area contributed by atoms with Crippen molar-refractivity contribution in [2.45, 2.75) is 0 Å². The van der Waals surface area contributed by atoms with E-state index in [-0.39, 0.29) is 0 Å². The Labute approximate surface area is 125 Å². The van der Waals surface area contributed by atoms with E-state index in [0.29, 0.717) is 16.9 Å². The van der Waals surface area contributed by atoms with Crippen LogP contribution in [0.4, 0.5) is 17.1 Å². The van der Waals surface area contributed by atoms with Gasteiger partial charge >= 0.3 is 5.97 Å². The number of methoxy groups -OCH3 is 1. The Morgan fingerprint density at radius 2 is 1.89 bits per heavy atom. The Bertz CT molecular complexity index is 597. The lowest BCUT2D eigenvalue weighted by molar-refractivity contribution is 0.0602. The fourth-order valence-corrected chi connectivity index (χ4v) is 2.00. The molecule has 0 bridgehead atoms. The highest BCUT2D eigenvalue weighted by Gasteiger charge is 2.12. The number of nitrogens with two attached hydrogens (primary N) is 1. The van der Waals surface area contributed by atoms with Gasteiger partial charge in [0.1, 0.15) is 0 Å². The molecule has 5 heteroatoms. The predicted molar refractivity (Wildman–Crippen MR) is 84.6 cm³/mol. The standard InChI is InChI=1S/C14H13IN2O2/c1-19-14(18)12-8-10(16)4-7-13(12)17-11-5-2-9(15)3-6-11/h2-8,17H,16H2,1H3. The quantitative estimate of drug-likeness (QED) is 0.495. The van der Waals surface area contributed by atoms with Crippen LogP contribution in [0.15, 0.2) is 42.5 Å². The van der Waals surface area contributed by atoms with Crippen molar-refractivity contribution < 1.29 is 9.53 Å². The van der Waals surface area contributed by atoms with Crippen LogP contribution < -0.4 is 11.1 Å². The van der Waals surface area contributed by atoms with E-state index in [9.17, 15) is 4.79 Å². The molecule has 4 nitrogen and oxygen atoms in total. The van der Waals surface area contributed by atoms with Crippen molar-refractivity contribution in [1.82, 2.24) is 0 Å². The van der Waals surface area contributed by atoms with Gasteiger partial charge in [-0.2, -0.15) is 0 Å². The van der Waals surface area contributed by atoms with Crippen molar-refractivity contribution in [1.29, 1.82) is 0 Å². The van der Waals surface area contributed by atoms with E-state index in [0.717, 1.165) is 9.26 Å². The third-order valence-corrected chi connectivity index (χ3v) is 3.29. The second-order valence-corrected chi connectivity index (χ2v) is 5.17. The molecule has 98 valence electrons. The Hall–Kier alpha value is -1.76. The average Bonchev–Trinajstić information content (AvgIpc) is 2.42. The summed E-state index contributed by atoms with van der Waals surface area (Å²) in [6.45, 7) is 0. The van der Waals surface area contributed by atoms with Gasteiger partial charge in [0, 0.05) is 14.9 Å². The molecule has 0 saturated heterocycles. The Morgan fingerprint density at radius 1 is 1.21 bits per heavy atom. The molecule has 0 saturated carbocycles. The first-order chi connectivity index (χ1) is 9.10. The number of rotatable bonds is 3. The second-order valence-electron chi connectivity index (χ2n) is 3.93. The molecule has 0 aromatic heterocycles. The summed E-state index contributed by atoms with van der Waals surface area (Å²) in [6.07, 6.45) is 0. The molecule has 0 aliphatic carbocycles. The van der Waals surface area contributed by atoms with E-state index >= 15 is 0 Å². The molecule has 3 N–H and O–H groups in total. The van der Waals surface area contributed by atoms with Gasteiger partial charge in [-0.25, -0.2) is 4.79 Å². The van der Waals surface area contributed by atoms with Crippen LogP contribution >= 0.6 is 22.6 Å². The number of nitrogens with one attached hydrogen (secondary N) is 1. The minimum atomic E-state index is -0.416. The molecule has 19 heavy (non-hydrogen) atoms. The summed E-state index contributed by atoms with van der Waals surface area (Å²) in [7, 11) is 1.35. The fourth-order valence-electron chi connectivity index (χ4n) is 1.64. The molecular formula is C14H13IN2O2. The Balaban J connectivity index is 2.34. The molecule has 0 amide bonds. The summed E-state index contributed by atoms with van der Waals surface area (Å²) in [5.74, 6) is -0.416. The SMILES string of the molecule is COC(=O)c1cc(N)ccc1Nc1ccc(I)cc1. The van der Waals surface area contributed by atoms with E-state index in [1.54, 1.807) is 18.2 Å². The van der Waals surface area contributed by atoms with Gasteiger partial charge in [-0.1, -0.05) is 0 Å². The van der Waals surface area contributed by atoms with Crippen LogP contribution in [0.3, 0.4) is 0 Å². The molecule has 0 aliphatic heterocycles. The highest BCUT2D eigenvalue weighted by atomic mass is 127. The van der Waals surface area contributed by atoms with Crippen molar-refractivity contribution in [3.63, 3.8) is 0 Å². The van der Waals surface area contributed by atoms with Gasteiger partial charge in [0.25, 0.3) is 0 Å². The normalized spacial score (nSPS) is 10.0. The zero-order valence-corrected chi connectivity index (χ0v) is 12.5. The molecule has 2 rings (SSSR count). The molecule has 0 fully saturated rings. The molecule has 0 unspecified atom stereocenters. The molecule has 0 aliphatic rings. The summed E-state index contributed by atoms with van der Waals surface area (Å²) >= 11 is 2.24. The lowest BCUT2D eigenvalue weighted by atomic mass is 10.1. The maximum atomic E-state index is 11.7. The molecule has 0 spiro atoms. The topological polar surface area (TPSA) is 64.3 Å². The number of esters is 1. The van der Waals surface area contributed by atoms with Gasteiger partial charge in [0.15, 0.2) is 0 Å². The van der Waals surface area contributed by atoms with Crippen molar-refractivity contribution >= 4 is 45.6 Å². The smallest absolute Gasteiger partial charge is 0.340 e. The maximum Gasteiger partial charge on any atom is 0.340 e. The van der Waals surface area contributed by atoms with Crippen molar-refractivity contribution in [2.75, 3.05) is 18.2 Å². The van der Waals surface area contributed by atoms with Gasteiger partial charge < -0.3 is 15.8 Å².